The van der Waals surface area contributed by atoms with Crippen molar-refractivity contribution in [1.82, 2.24) is 5.32 Å². The Labute approximate surface area is 59.7 Å². The molecule has 1 aliphatic carbocycles. The van der Waals surface area contributed by atoms with E-state index in [1.165, 1.54) is 0 Å². The SMILES string of the molecule is O=[C]C1CC12COCCN2. The van der Waals surface area contributed by atoms with Gasteiger partial charge >= 0.3 is 0 Å². The molecule has 10 heavy (non-hydrogen) atoms. The van der Waals surface area contributed by atoms with Gasteiger partial charge in [-0.15, -0.1) is 0 Å². The molecule has 1 radical (unpaired) electrons. The van der Waals surface area contributed by atoms with Crippen LogP contribution in [0.15, 0.2) is 0 Å². The molecule has 0 amide bonds. The van der Waals surface area contributed by atoms with E-state index in [1.807, 2.05) is 6.29 Å². The first-order chi connectivity index (χ1) is 4.87. The third kappa shape index (κ3) is 0.777. The summed E-state index contributed by atoms with van der Waals surface area (Å²) in [5.74, 6) is 0.0906. The Morgan fingerprint density at radius 2 is 2.60 bits per heavy atom. The van der Waals surface area contributed by atoms with E-state index in [1.54, 1.807) is 0 Å². The molecule has 2 unspecified atom stereocenters. The van der Waals surface area contributed by atoms with E-state index in [4.69, 9.17) is 4.74 Å². The van der Waals surface area contributed by atoms with Crippen molar-refractivity contribution in [2.75, 3.05) is 19.8 Å². The van der Waals surface area contributed by atoms with Gasteiger partial charge in [-0.25, -0.2) is 0 Å². The summed E-state index contributed by atoms with van der Waals surface area (Å²) in [4.78, 5) is 10.2. The highest BCUT2D eigenvalue weighted by molar-refractivity contribution is 5.63. The third-order valence-corrected chi connectivity index (χ3v) is 2.30. The van der Waals surface area contributed by atoms with Gasteiger partial charge < -0.3 is 10.1 Å². The van der Waals surface area contributed by atoms with Gasteiger partial charge in [0.1, 0.15) is 0 Å². The summed E-state index contributed by atoms with van der Waals surface area (Å²) in [5.41, 5.74) is 0. The Bertz CT molecular complexity index is 152. The van der Waals surface area contributed by atoms with Crippen LogP contribution in [0.25, 0.3) is 0 Å². The van der Waals surface area contributed by atoms with Crippen molar-refractivity contribution in [2.24, 2.45) is 5.92 Å². The highest BCUT2D eigenvalue weighted by atomic mass is 16.5. The first-order valence-electron chi connectivity index (χ1n) is 3.58. The topological polar surface area (TPSA) is 38.3 Å². The number of morpholine rings is 1. The Morgan fingerprint density at radius 1 is 1.70 bits per heavy atom. The van der Waals surface area contributed by atoms with Crippen LogP contribution >= 0.6 is 0 Å². The predicted molar refractivity (Wildman–Crippen MR) is 35.4 cm³/mol. The zero-order chi connectivity index (χ0) is 7.03. The summed E-state index contributed by atoms with van der Waals surface area (Å²) in [6.07, 6.45) is 2.92. The van der Waals surface area contributed by atoms with E-state index in [0.29, 0.717) is 6.61 Å². The molecule has 0 aromatic rings. The fourth-order valence-electron chi connectivity index (χ4n) is 1.49. The van der Waals surface area contributed by atoms with Crippen LogP contribution in [0.2, 0.25) is 0 Å². The van der Waals surface area contributed by atoms with Gasteiger partial charge in [0.05, 0.1) is 18.8 Å². The molecule has 0 bridgehead atoms. The maximum absolute atomic E-state index is 10.2. The van der Waals surface area contributed by atoms with Gasteiger partial charge in [-0.05, 0) is 6.42 Å². The third-order valence-electron chi connectivity index (χ3n) is 2.30. The number of rotatable bonds is 1. The second-order valence-electron chi connectivity index (χ2n) is 3.01. The first-order valence-corrected chi connectivity index (χ1v) is 3.58. The van der Waals surface area contributed by atoms with Crippen LogP contribution in [0, 0.1) is 5.92 Å². The Kier molecular flexibility index (Phi) is 1.28. The van der Waals surface area contributed by atoms with Gasteiger partial charge in [0.2, 0.25) is 6.29 Å². The van der Waals surface area contributed by atoms with Crippen LogP contribution in [-0.2, 0) is 9.53 Å². The van der Waals surface area contributed by atoms with Gasteiger partial charge in [0, 0.05) is 12.5 Å². The molecular weight excluding hydrogens is 130 g/mol. The van der Waals surface area contributed by atoms with Crippen molar-refractivity contribution < 1.29 is 9.53 Å². The molecule has 1 heterocycles. The van der Waals surface area contributed by atoms with E-state index < -0.39 is 0 Å². The Balaban J connectivity index is 1.97. The molecule has 0 aromatic heterocycles. The summed E-state index contributed by atoms with van der Waals surface area (Å²) in [7, 11) is 0. The lowest BCUT2D eigenvalue weighted by Gasteiger charge is -2.23. The van der Waals surface area contributed by atoms with Crippen molar-refractivity contribution in [3.63, 3.8) is 0 Å². The molecule has 1 saturated carbocycles. The highest BCUT2D eigenvalue weighted by Gasteiger charge is 2.55. The van der Waals surface area contributed by atoms with E-state index in [2.05, 4.69) is 5.32 Å². The minimum Gasteiger partial charge on any atom is -0.378 e. The first kappa shape index (κ1) is 6.31. The number of ether oxygens (including phenoxy) is 1. The van der Waals surface area contributed by atoms with Crippen LogP contribution < -0.4 is 5.32 Å². The summed E-state index contributed by atoms with van der Waals surface area (Å²) < 4.78 is 5.24. The zero-order valence-electron chi connectivity index (χ0n) is 5.72. The van der Waals surface area contributed by atoms with Crippen LogP contribution in [0.4, 0.5) is 0 Å². The average molecular weight is 140 g/mol. The van der Waals surface area contributed by atoms with Gasteiger partial charge in [-0.2, -0.15) is 0 Å². The molecule has 3 heteroatoms. The van der Waals surface area contributed by atoms with Gasteiger partial charge in [0.15, 0.2) is 0 Å². The van der Waals surface area contributed by atoms with Gasteiger partial charge in [-0.1, -0.05) is 0 Å². The number of hydrogen-bond acceptors (Lipinski definition) is 3. The van der Waals surface area contributed by atoms with Crippen molar-refractivity contribution >= 4 is 6.29 Å². The van der Waals surface area contributed by atoms with Crippen LogP contribution in [0.3, 0.4) is 0 Å². The second-order valence-corrected chi connectivity index (χ2v) is 3.01. The lowest BCUT2D eigenvalue weighted by molar-refractivity contribution is 0.0653. The van der Waals surface area contributed by atoms with Crippen molar-refractivity contribution in [3.8, 4) is 0 Å². The summed E-state index contributed by atoms with van der Waals surface area (Å²) in [6.45, 7) is 2.33. The lowest BCUT2D eigenvalue weighted by Crippen LogP contribution is -2.45. The minimum absolute atomic E-state index is 0. The Hall–Kier alpha value is -0.410. The summed E-state index contributed by atoms with van der Waals surface area (Å²) in [5, 5.41) is 3.28. The maximum Gasteiger partial charge on any atom is 0.203 e. The molecule has 2 fully saturated rings. The van der Waals surface area contributed by atoms with Crippen molar-refractivity contribution in [1.29, 1.82) is 0 Å². The average Bonchev–Trinajstić information content (AvgIpc) is 2.65. The van der Waals surface area contributed by atoms with Crippen molar-refractivity contribution in [2.45, 2.75) is 12.0 Å². The molecule has 1 spiro atoms. The summed E-state index contributed by atoms with van der Waals surface area (Å²) >= 11 is 0. The second kappa shape index (κ2) is 2.04. The normalized spacial score (nSPS) is 45.4. The molecule has 1 aliphatic heterocycles. The number of hydrogen-bond donors (Lipinski definition) is 1. The molecular formula is C7H10NO2. The predicted octanol–water partition coefficient (Wildman–Crippen LogP) is -0.525. The molecule has 3 nitrogen and oxygen atoms in total. The standard InChI is InChI=1S/C7H10NO2/c9-4-6-3-7(6)5-10-2-1-8-7/h6,8H,1-3,5H2. The van der Waals surface area contributed by atoms with Gasteiger partial charge in [0.25, 0.3) is 0 Å². The largest absolute Gasteiger partial charge is 0.378 e. The highest BCUT2D eigenvalue weighted by Crippen LogP contribution is 2.42. The molecule has 55 valence electrons. The molecule has 1 saturated heterocycles. The number of nitrogens with one attached hydrogen (secondary N) is 1. The van der Waals surface area contributed by atoms with Crippen molar-refractivity contribution in [3.05, 3.63) is 0 Å². The fraction of sp³-hybridized carbons (Fsp3) is 0.857. The summed E-state index contributed by atoms with van der Waals surface area (Å²) in [6, 6.07) is 0. The number of carbonyl (C=O) groups excluding carboxylic acids is 1. The van der Waals surface area contributed by atoms with Crippen LogP contribution in [0.1, 0.15) is 6.42 Å². The van der Waals surface area contributed by atoms with Gasteiger partial charge in [-0.3, -0.25) is 4.79 Å². The van der Waals surface area contributed by atoms with E-state index in [9.17, 15) is 4.79 Å². The maximum atomic E-state index is 10.2. The molecule has 0 aromatic carbocycles. The van der Waals surface area contributed by atoms with Crippen LogP contribution in [-0.4, -0.2) is 31.6 Å². The lowest BCUT2D eigenvalue weighted by atomic mass is 10.2. The monoisotopic (exact) mass is 140 g/mol. The van der Waals surface area contributed by atoms with E-state index in [0.717, 1.165) is 19.6 Å². The van der Waals surface area contributed by atoms with Crippen LogP contribution in [0.5, 0.6) is 0 Å². The quantitative estimate of drug-likeness (QED) is 0.532. The Morgan fingerprint density at radius 3 is 3.10 bits per heavy atom. The molecule has 2 aliphatic rings. The zero-order valence-corrected chi connectivity index (χ0v) is 5.72. The van der Waals surface area contributed by atoms with E-state index >= 15 is 0 Å². The van der Waals surface area contributed by atoms with E-state index in [-0.39, 0.29) is 11.5 Å². The molecule has 2 atom stereocenters. The molecule has 2 rings (SSSR count). The smallest absolute Gasteiger partial charge is 0.203 e. The fourth-order valence-corrected chi connectivity index (χ4v) is 1.49. The minimum atomic E-state index is 0. The molecule has 1 N–H and O–H groups in total.